The van der Waals surface area contributed by atoms with Crippen molar-refractivity contribution in [2.24, 2.45) is 5.92 Å². The van der Waals surface area contributed by atoms with Gasteiger partial charge in [0.25, 0.3) is 0 Å². The third-order valence-electron chi connectivity index (χ3n) is 1.75. The van der Waals surface area contributed by atoms with Crippen LogP contribution in [0.3, 0.4) is 0 Å². The smallest absolute Gasteiger partial charge is 0.380 e. The second-order valence-corrected chi connectivity index (χ2v) is 3.58. The molecule has 5 heteroatoms. The summed E-state index contributed by atoms with van der Waals surface area (Å²) in [6.07, 6.45) is 0.761. The zero-order valence-corrected chi connectivity index (χ0v) is 9.34. The molecule has 1 aromatic heterocycles. The molecule has 0 aliphatic carbocycles. The fourth-order valence-electron chi connectivity index (χ4n) is 1.18. The first-order chi connectivity index (χ1) is 6.00. The third-order valence-corrected chi connectivity index (χ3v) is 1.75. The van der Waals surface area contributed by atoms with Gasteiger partial charge in [0.1, 0.15) is 0 Å². The summed E-state index contributed by atoms with van der Waals surface area (Å²) in [4.78, 5) is 14.8. The molecular formula is C9H15ClN2O2. The average Bonchev–Trinajstić information content (AvgIpc) is 1.98. The van der Waals surface area contributed by atoms with Crippen LogP contribution in [0.2, 0.25) is 0 Å². The quantitative estimate of drug-likeness (QED) is 0.764. The van der Waals surface area contributed by atoms with Crippen LogP contribution in [0.1, 0.15) is 25.2 Å². The van der Waals surface area contributed by atoms with Gasteiger partial charge >= 0.3 is 5.69 Å². The van der Waals surface area contributed by atoms with E-state index in [1.807, 2.05) is 0 Å². The Morgan fingerprint density at radius 3 is 2.57 bits per heavy atom. The first-order valence-corrected chi connectivity index (χ1v) is 4.29. The van der Waals surface area contributed by atoms with Gasteiger partial charge in [0, 0.05) is 5.69 Å². The van der Waals surface area contributed by atoms with Crippen molar-refractivity contribution in [2.75, 3.05) is 0 Å². The van der Waals surface area contributed by atoms with Crippen molar-refractivity contribution in [1.82, 2.24) is 9.71 Å². The molecule has 0 radical (unpaired) electrons. The second kappa shape index (κ2) is 5.00. The highest BCUT2D eigenvalue weighted by atomic mass is 35.5. The Balaban J connectivity index is 0.00000169. The Labute approximate surface area is 89.0 Å². The summed E-state index contributed by atoms with van der Waals surface area (Å²) in [7, 11) is 0. The summed E-state index contributed by atoms with van der Waals surface area (Å²) < 4.78 is 0.559. The van der Waals surface area contributed by atoms with Gasteiger partial charge in [-0.2, -0.15) is 4.98 Å². The molecular weight excluding hydrogens is 204 g/mol. The molecule has 0 spiro atoms. The third kappa shape index (κ3) is 3.03. The molecule has 1 N–H and O–H groups in total. The van der Waals surface area contributed by atoms with Crippen molar-refractivity contribution in [2.45, 2.75) is 27.2 Å². The molecule has 14 heavy (non-hydrogen) atoms. The van der Waals surface area contributed by atoms with Gasteiger partial charge < -0.3 is 5.21 Å². The lowest BCUT2D eigenvalue weighted by Crippen LogP contribution is -2.24. The first kappa shape index (κ1) is 13.0. The maximum Gasteiger partial charge on any atom is 0.380 e. The van der Waals surface area contributed by atoms with E-state index < -0.39 is 5.69 Å². The highest BCUT2D eigenvalue weighted by Crippen LogP contribution is 2.04. The van der Waals surface area contributed by atoms with Crippen LogP contribution in [0.5, 0.6) is 0 Å². The number of halogens is 1. The van der Waals surface area contributed by atoms with E-state index in [0.717, 1.165) is 12.1 Å². The van der Waals surface area contributed by atoms with Gasteiger partial charge in [-0.3, -0.25) is 0 Å². The summed E-state index contributed by atoms with van der Waals surface area (Å²) in [6, 6.07) is 1.72. The van der Waals surface area contributed by atoms with Crippen LogP contribution >= 0.6 is 12.4 Å². The maximum atomic E-state index is 11.0. The van der Waals surface area contributed by atoms with Gasteiger partial charge in [-0.05, 0) is 25.3 Å². The van der Waals surface area contributed by atoms with Gasteiger partial charge in [-0.25, -0.2) is 4.79 Å². The summed E-state index contributed by atoms with van der Waals surface area (Å²) in [5, 5.41) is 9.11. The van der Waals surface area contributed by atoms with Crippen molar-refractivity contribution in [1.29, 1.82) is 0 Å². The van der Waals surface area contributed by atoms with Gasteiger partial charge in [-0.1, -0.05) is 13.8 Å². The van der Waals surface area contributed by atoms with Crippen molar-refractivity contribution in [3.63, 3.8) is 0 Å². The lowest BCUT2D eigenvalue weighted by molar-refractivity contribution is 0.162. The number of rotatable bonds is 2. The molecule has 80 valence electrons. The van der Waals surface area contributed by atoms with E-state index in [-0.39, 0.29) is 12.4 Å². The lowest BCUT2D eigenvalue weighted by atomic mass is 10.1. The number of hydrogen-bond donors (Lipinski definition) is 1. The Hall–Kier alpha value is -1.03. The molecule has 0 bridgehead atoms. The molecule has 0 amide bonds. The molecule has 1 heterocycles. The van der Waals surface area contributed by atoms with Gasteiger partial charge in [0.2, 0.25) is 0 Å². The standard InChI is InChI=1S/C9H14N2O2.ClH/c1-6(2)4-8-5-7(3)11(13)9(12)10-8;/h5-6,13H,4H2,1-3H3;1H. The van der Waals surface area contributed by atoms with Gasteiger partial charge in [-0.15, -0.1) is 17.1 Å². The minimum absolute atomic E-state index is 0. The summed E-state index contributed by atoms with van der Waals surface area (Å²) in [5.41, 5.74) is 0.661. The van der Waals surface area contributed by atoms with Crippen LogP contribution in [0.25, 0.3) is 0 Å². The molecule has 1 aromatic rings. The molecule has 0 aliphatic rings. The normalized spacial score (nSPS) is 10.0. The van der Waals surface area contributed by atoms with E-state index in [1.54, 1.807) is 13.0 Å². The zero-order chi connectivity index (χ0) is 10.0. The average molecular weight is 219 g/mol. The molecule has 0 fully saturated rings. The number of hydrogen-bond acceptors (Lipinski definition) is 3. The molecule has 0 saturated carbocycles. The summed E-state index contributed by atoms with van der Waals surface area (Å²) in [5.74, 6) is 0.459. The van der Waals surface area contributed by atoms with Gasteiger partial charge in [0.05, 0.1) is 5.69 Å². The second-order valence-electron chi connectivity index (χ2n) is 3.58. The van der Waals surface area contributed by atoms with E-state index in [2.05, 4.69) is 18.8 Å². The van der Waals surface area contributed by atoms with Crippen LogP contribution in [-0.2, 0) is 6.42 Å². The highest BCUT2D eigenvalue weighted by molar-refractivity contribution is 5.85. The van der Waals surface area contributed by atoms with E-state index in [9.17, 15) is 4.79 Å². The highest BCUT2D eigenvalue weighted by Gasteiger charge is 2.04. The van der Waals surface area contributed by atoms with Crippen molar-refractivity contribution < 1.29 is 5.21 Å². The molecule has 0 aliphatic heterocycles. The molecule has 0 aromatic carbocycles. The predicted molar refractivity (Wildman–Crippen MR) is 56.2 cm³/mol. The van der Waals surface area contributed by atoms with E-state index >= 15 is 0 Å². The minimum atomic E-state index is -0.601. The SMILES string of the molecule is Cc1cc(CC(C)C)nc(=O)n1O.Cl. The van der Waals surface area contributed by atoms with E-state index in [1.165, 1.54) is 0 Å². The largest absolute Gasteiger partial charge is 0.424 e. The van der Waals surface area contributed by atoms with Crippen LogP contribution in [0, 0.1) is 12.8 Å². The van der Waals surface area contributed by atoms with Crippen molar-refractivity contribution >= 4 is 12.4 Å². The Bertz CT molecular complexity index is 360. The minimum Gasteiger partial charge on any atom is -0.424 e. The summed E-state index contributed by atoms with van der Waals surface area (Å²) in [6.45, 7) is 5.79. The number of aryl methyl sites for hydroxylation is 1. The van der Waals surface area contributed by atoms with Crippen molar-refractivity contribution in [3.8, 4) is 0 Å². The van der Waals surface area contributed by atoms with E-state index in [4.69, 9.17) is 5.21 Å². The molecule has 1 rings (SSSR count). The summed E-state index contributed by atoms with van der Waals surface area (Å²) >= 11 is 0. The molecule has 0 unspecified atom stereocenters. The van der Waals surface area contributed by atoms with Crippen LogP contribution in [0.4, 0.5) is 0 Å². The Morgan fingerprint density at radius 2 is 2.14 bits per heavy atom. The van der Waals surface area contributed by atoms with Crippen LogP contribution < -0.4 is 5.69 Å². The monoisotopic (exact) mass is 218 g/mol. The predicted octanol–water partition coefficient (Wildman–Crippen LogP) is 1.41. The zero-order valence-electron chi connectivity index (χ0n) is 8.52. The topological polar surface area (TPSA) is 55.1 Å². The Kier molecular flexibility index (Phi) is 4.63. The fraction of sp³-hybridized carbons (Fsp3) is 0.556. The molecule has 0 atom stereocenters. The molecule has 0 saturated heterocycles. The maximum absolute atomic E-state index is 11.0. The van der Waals surface area contributed by atoms with Crippen molar-refractivity contribution in [3.05, 3.63) is 27.9 Å². The lowest BCUT2D eigenvalue weighted by Gasteiger charge is -2.05. The molecule has 4 nitrogen and oxygen atoms in total. The van der Waals surface area contributed by atoms with E-state index in [0.29, 0.717) is 16.3 Å². The number of aromatic nitrogens is 2. The first-order valence-electron chi connectivity index (χ1n) is 4.29. The van der Waals surface area contributed by atoms with Crippen LogP contribution in [0.15, 0.2) is 10.9 Å². The number of nitrogens with zero attached hydrogens (tertiary/aromatic N) is 2. The fourth-order valence-corrected chi connectivity index (χ4v) is 1.18. The van der Waals surface area contributed by atoms with Crippen LogP contribution in [-0.4, -0.2) is 14.9 Å². The Morgan fingerprint density at radius 1 is 1.57 bits per heavy atom. The van der Waals surface area contributed by atoms with Gasteiger partial charge in [0.15, 0.2) is 0 Å².